The molecule has 1 atom stereocenters. The number of nitrogens with two attached hydrogens (primary N) is 1. The van der Waals surface area contributed by atoms with Crippen molar-refractivity contribution in [1.82, 2.24) is 10.3 Å². The molecule has 19 heavy (non-hydrogen) atoms. The van der Waals surface area contributed by atoms with Crippen molar-refractivity contribution in [3.05, 3.63) is 50.9 Å². The topological polar surface area (TPSA) is 68.0 Å². The van der Waals surface area contributed by atoms with Crippen LogP contribution in [0.5, 0.6) is 0 Å². The van der Waals surface area contributed by atoms with Gasteiger partial charge in [-0.05, 0) is 31.2 Å². The first-order valence-electron chi connectivity index (χ1n) is 5.81. The highest BCUT2D eigenvalue weighted by Gasteiger charge is 2.13. The minimum absolute atomic E-state index is 0.0838. The van der Waals surface area contributed by atoms with Crippen LogP contribution in [0.2, 0.25) is 4.34 Å². The van der Waals surface area contributed by atoms with E-state index in [0.29, 0.717) is 22.1 Å². The zero-order valence-corrected chi connectivity index (χ0v) is 12.0. The Hall–Kier alpha value is -1.43. The number of carbonyl (C=O) groups is 1. The van der Waals surface area contributed by atoms with Crippen LogP contribution >= 0.6 is 22.9 Å². The Bertz CT molecular complexity index is 585. The summed E-state index contributed by atoms with van der Waals surface area (Å²) >= 11 is 7.34. The molecular formula is C13H14ClN3OS. The van der Waals surface area contributed by atoms with Crippen molar-refractivity contribution < 1.29 is 4.79 Å². The van der Waals surface area contributed by atoms with Gasteiger partial charge in [-0.3, -0.25) is 9.78 Å². The summed E-state index contributed by atoms with van der Waals surface area (Å²) < 4.78 is 0.713. The molecule has 0 spiro atoms. The minimum atomic E-state index is -0.144. The average Bonchev–Trinajstić information content (AvgIpc) is 2.85. The number of carbonyl (C=O) groups excluding carboxylic acids is 1. The van der Waals surface area contributed by atoms with E-state index in [4.69, 9.17) is 17.3 Å². The summed E-state index contributed by atoms with van der Waals surface area (Å²) in [4.78, 5) is 17.2. The van der Waals surface area contributed by atoms with Gasteiger partial charge < -0.3 is 11.1 Å². The summed E-state index contributed by atoms with van der Waals surface area (Å²) in [6, 6.07) is 7.02. The predicted octanol–water partition coefficient (Wildman–Crippen LogP) is 2.75. The van der Waals surface area contributed by atoms with Gasteiger partial charge in [0, 0.05) is 23.2 Å². The molecule has 2 rings (SSSR count). The van der Waals surface area contributed by atoms with Crippen molar-refractivity contribution in [1.29, 1.82) is 0 Å². The van der Waals surface area contributed by atoms with Gasteiger partial charge in [-0.1, -0.05) is 11.6 Å². The Balaban J connectivity index is 2.08. The lowest BCUT2D eigenvalue weighted by Gasteiger charge is -2.12. The lowest BCUT2D eigenvalue weighted by molar-refractivity contribution is 0.0940. The van der Waals surface area contributed by atoms with E-state index < -0.39 is 0 Å². The number of amides is 1. The first-order valence-corrected chi connectivity index (χ1v) is 7.00. The van der Waals surface area contributed by atoms with E-state index in [9.17, 15) is 4.79 Å². The van der Waals surface area contributed by atoms with Crippen LogP contribution < -0.4 is 11.1 Å². The molecule has 0 saturated heterocycles. The number of nitrogens with one attached hydrogen (secondary N) is 1. The first-order chi connectivity index (χ1) is 9.10. The molecule has 0 radical (unpaired) electrons. The van der Waals surface area contributed by atoms with Gasteiger partial charge in [0.05, 0.1) is 16.1 Å². The quantitative estimate of drug-likeness (QED) is 0.911. The molecule has 100 valence electrons. The molecule has 0 aliphatic heterocycles. The molecular weight excluding hydrogens is 282 g/mol. The number of aromatic nitrogens is 1. The molecule has 3 N–H and O–H groups in total. The van der Waals surface area contributed by atoms with Gasteiger partial charge in [-0.2, -0.15) is 0 Å². The Morgan fingerprint density at radius 2 is 2.32 bits per heavy atom. The molecule has 6 heteroatoms. The van der Waals surface area contributed by atoms with Crippen molar-refractivity contribution >= 4 is 28.8 Å². The Morgan fingerprint density at radius 1 is 1.53 bits per heavy atom. The van der Waals surface area contributed by atoms with E-state index in [0.717, 1.165) is 4.88 Å². The van der Waals surface area contributed by atoms with E-state index >= 15 is 0 Å². The van der Waals surface area contributed by atoms with Gasteiger partial charge in [0.25, 0.3) is 5.91 Å². The summed E-state index contributed by atoms with van der Waals surface area (Å²) in [7, 11) is 0. The fourth-order valence-electron chi connectivity index (χ4n) is 1.64. The molecule has 0 saturated carbocycles. The van der Waals surface area contributed by atoms with Crippen LogP contribution in [0.15, 0.2) is 30.5 Å². The highest BCUT2D eigenvalue weighted by atomic mass is 35.5. The second-order valence-corrected chi connectivity index (χ2v) is 5.82. The number of pyridine rings is 1. The van der Waals surface area contributed by atoms with E-state index in [1.807, 2.05) is 19.1 Å². The highest BCUT2D eigenvalue weighted by Crippen LogP contribution is 2.26. The second-order valence-electron chi connectivity index (χ2n) is 4.08. The van der Waals surface area contributed by atoms with Crippen LogP contribution in [0.1, 0.15) is 33.9 Å². The van der Waals surface area contributed by atoms with Gasteiger partial charge in [0.2, 0.25) is 0 Å². The molecule has 1 unspecified atom stereocenters. The molecule has 0 bridgehead atoms. The fraction of sp³-hybridized carbons (Fsp3) is 0.231. The summed E-state index contributed by atoms with van der Waals surface area (Å²) in [6.45, 7) is 2.24. The number of thiophene rings is 1. The number of nitrogens with zero attached hydrogens (tertiary/aromatic N) is 1. The van der Waals surface area contributed by atoms with Crippen LogP contribution in [0.25, 0.3) is 0 Å². The molecule has 2 aromatic heterocycles. The maximum absolute atomic E-state index is 12.1. The highest BCUT2D eigenvalue weighted by molar-refractivity contribution is 7.16. The van der Waals surface area contributed by atoms with Gasteiger partial charge >= 0.3 is 0 Å². The van der Waals surface area contributed by atoms with Crippen molar-refractivity contribution in [2.45, 2.75) is 19.5 Å². The van der Waals surface area contributed by atoms with Crippen molar-refractivity contribution in [3.8, 4) is 0 Å². The van der Waals surface area contributed by atoms with Crippen LogP contribution in [0.4, 0.5) is 0 Å². The van der Waals surface area contributed by atoms with Crippen LogP contribution in [-0.2, 0) is 6.54 Å². The summed E-state index contributed by atoms with van der Waals surface area (Å²) in [6.07, 6.45) is 1.59. The zero-order chi connectivity index (χ0) is 13.8. The monoisotopic (exact) mass is 295 g/mol. The number of hydrogen-bond donors (Lipinski definition) is 2. The lowest BCUT2D eigenvalue weighted by atomic mass is 10.2. The van der Waals surface area contributed by atoms with Crippen molar-refractivity contribution in [3.63, 3.8) is 0 Å². The standard InChI is InChI=1S/C13H14ClN3OS/c1-8(11-2-3-12(14)19-11)17-13(18)9-4-5-16-10(6-9)7-15/h2-6,8H,7,15H2,1H3,(H,17,18). The Labute approximate surface area is 120 Å². The van der Waals surface area contributed by atoms with Gasteiger partial charge in [0.15, 0.2) is 0 Å². The molecule has 0 aromatic carbocycles. The maximum atomic E-state index is 12.1. The third-order valence-corrected chi connectivity index (χ3v) is 4.07. The van der Waals surface area contributed by atoms with E-state index in [1.165, 1.54) is 11.3 Å². The molecule has 4 nitrogen and oxygen atoms in total. The molecule has 0 aliphatic carbocycles. The third-order valence-electron chi connectivity index (χ3n) is 2.66. The van der Waals surface area contributed by atoms with Crippen molar-refractivity contribution in [2.24, 2.45) is 5.73 Å². The lowest BCUT2D eigenvalue weighted by Crippen LogP contribution is -2.26. The van der Waals surface area contributed by atoms with E-state index in [-0.39, 0.29) is 11.9 Å². The Morgan fingerprint density at radius 3 is 2.95 bits per heavy atom. The third kappa shape index (κ3) is 3.53. The van der Waals surface area contributed by atoms with Gasteiger partial charge in [-0.15, -0.1) is 11.3 Å². The minimum Gasteiger partial charge on any atom is -0.345 e. The molecule has 2 heterocycles. The molecule has 1 amide bonds. The normalized spacial score (nSPS) is 12.2. The summed E-state index contributed by atoms with van der Waals surface area (Å²) in [5, 5.41) is 2.92. The summed E-state index contributed by atoms with van der Waals surface area (Å²) in [5.41, 5.74) is 6.76. The number of rotatable bonds is 4. The smallest absolute Gasteiger partial charge is 0.251 e. The number of hydrogen-bond acceptors (Lipinski definition) is 4. The Kier molecular flexibility index (Phi) is 4.52. The summed E-state index contributed by atoms with van der Waals surface area (Å²) in [5.74, 6) is -0.144. The molecule has 0 fully saturated rings. The van der Waals surface area contributed by atoms with Crippen molar-refractivity contribution in [2.75, 3.05) is 0 Å². The molecule has 2 aromatic rings. The van der Waals surface area contributed by atoms with Crippen LogP contribution in [-0.4, -0.2) is 10.9 Å². The second kappa shape index (κ2) is 6.14. The van der Waals surface area contributed by atoms with Gasteiger partial charge in [0.1, 0.15) is 0 Å². The average molecular weight is 296 g/mol. The maximum Gasteiger partial charge on any atom is 0.251 e. The van der Waals surface area contributed by atoms with Crippen LogP contribution in [0, 0.1) is 0 Å². The molecule has 0 aliphatic rings. The number of halogens is 1. The predicted molar refractivity (Wildman–Crippen MR) is 77.3 cm³/mol. The van der Waals surface area contributed by atoms with Gasteiger partial charge in [-0.25, -0.2) is 0 Å². The fourth-order valence-corrected chi connectivity index (χ4v) is 2.71. The zero-order valence-electron chi connectivity index (χ0n) is 10.4. The van der Waals surface area contributed by atoms with E-state index in [2.05, 4.69) is 10.3 Å². The van der Waals surface area contributed by atoms with Crippen LogP contribution in [0.3, 0.4) is 0 Å². The SMILES string of the molecule is CC(NC(=O)c1ccnc(CN)c1)c1ccc(Cl)s1. The largest absolute Gasteiger partial charge is 0.345 e. The van der Waals surface area contributed by atoms with E-state index in [1.54, 1.807) is 18.3 Å². The first kappa shape index (κ1) is 14.0.